The smallest absolute Gasteiger partial charge is 0.280 e. The highest BCUT2D eigenvalue weighted by atomic mass is 19.3. The Hall–Kier alpha value is -2.91. The maximum absolute atomic E-state index is 13.4. The Morgan fingerprint density at radius 2 is 2.10 bits per heavy atom. The second-order valence-corrected chi connectivity index (χ2v) is 8.17. The summed E-state index contributed by atoms with van der Waals surface area (Å²) in [6, 6.07) is 1.40. The Morgan fingerprint density at radius 3 is 2.93 bits per heavy atom. The average molecular weight is 415 g/mol. The van der Waals surface area contributed by atoms with Crippen molar-refractivity contribution in [3.05, 3.63) is 41.5 Å². The summed E-state index contributed by atoms with van der Waals surface area (Å²) in [7, 11) is 0. The molecule has 1 amide bonds. The van der Waals surface area contributed by atoms with Gasteiger partial charge < -0.3 is 9.47 Å². The lowest BCUT2D eigenvalue weighted by Crippen LogP contribution is -2.43. The highest BCUT2D eigenvalue weighted by Crippen LogP contribution is 2.34. The molecule has 2 aliphatic rings. The largest absolute Gasteiger partial charge is 0.337 e. The van der Waals surface area contributed by atoms with Crippen molar-refractivity contribution < 1.29 is 13.6 Å². The molecule has 10 heteroatoms. The maximum Gasteiger partial charge on any atom is 0.280 e. The number of imidazole rings is 1. The SMILES string of the molecule is CC1CCN(C(=O)c2cnc3n2CCCC3)C[C@H]1c1cc(C(F)F)nc2ncnn12. The van der Waals surface area contributed by atoms with Crippen LogP contribution in [0.5, 0.6) is 0 Å². The predicted molar refractivity (Wildman–Crippen MR) is 103 cm³/mol. The molecule has 158 valence electrons. The molecular formula is C20H23F2N7O. The summed E-state index contributed by atoms with van der Waals surface area (Å²) in [5.41, 5.74) is 0.922. The maximum atomic E-state index is 13.4. The van der Waals surface area contributed by atoms with Crippen molar-refractivity contribution in [2.45, 2.75) is 51.5 Å². The lowest BCUT2D eigenvalue weighted by atomic mass is 9.84. The van der Waals surface area contributed by atoms with Crippen LogP contribution in [0.4, 0.5) is 8.78 Å². The van der Waals surface area contributed by atoms with Crippen LogP contribution in [-0.2, 0) is 13.0 Å². The number of hydrogen-bond acceptors (Lipinski definition) is 5. The van der Waals surface area contributed by atoms with Crippen LogP contribution in [0, 0.1) is 5.92 Å². The summed E-state index contributed by atoms with van der Waals surface area (Å²) in [6.07, 6.45) is 4.10. The number of piperidine rings is 1. The van der Waals surface area contributed by atoms with E-state index in [2.05, 4.69) is 27.0 Å². The first-order valence-corrected chi connectivity index (χ1v) is 10.4. The molecule has 30 heavy (non-hydrogen) atoms. The molecule has 0 aromatic carbocycles. The lowest BCUT2D eigenvalue weighted by molar-refractivity contribution is 0.0653. The van der Waals surface area contributed by atoms with E-state index in [9.17, 15) is 13.6 Å². The molecule has 3 aromatic heterocycles. The Balaban J connectivity index is 1.47. The zero-order valence-corrected chi connectivity index (χ0v) is 16.7. The summed E-state index contributed by atoms with van der Waals surface area (Å²) >= 11 is 0. The summed E-state index contributed by atoms with van der Waals surface area (Å²) < 4.78 is 30.3. The highest BCUT2D eigenvalue weighted by molar-refractivity contribution is 5.92. The van der Waals surface area contributed by atoms with Crippen LogP contribution in [0.3, 0.4) is 0 Å². The zero-order chi connectivity index (χ0) is 20.8. The van der Waals surface area contributed by atoms with Gasteiger partial charge in [0, 0.05) is 32.0 Å². The van der Waals surface area contributed by atoms with Crippen LogP contribution in [0.1, 0.15) is 66.2 Å². The molecule has 2 aliphatic heterocycles. The molecule has 2 atom stereocenters. The van der Waals surface area contributed by atoms with Crippen molar-refractivity contribution in [1.82, 2.24) is 34.0 Å². The Kier molecular flexibility index (Phi) is 4.71. The summed E-state index contributed by atoms with van der Waals surface area (Å²) in [6.45, 7) is 3.95. The first kappa shape index (κ1) is 19.1. The number of likely N-dealkylation sites (tertiary alicyclic amines) is 1. The number of fused-ring (bicyclic) bond motifs is 2. The number of aromatic nitrogens is 6. The van der Waals surface area contributed by atoms with Crippen molar-refractivity contribution >= 4 is 11.7 Å². The minimum absolute atomic E-state index is 0.0504. The average Bonchev–Trinajstić information content (AvgIpc) is 3.40. The number of halogens is 2. The normalized spacial score (nSPS) is 21.9. The number of amides is 1. The molecule has 0 saturated carbocycles. The van der Waals surface area contributed by atoms with Gasteiger partial charge in [-0.25, -0.2) is 23.3 Å². The standard InChI is InChI=1S/C20H23F2N7O/c1-12-5-7-27(19(30)16-9-23-17-4-2-3-6-28(16)17)10-13(12)15-8-14(18(21)22)26-20-24-11-25-29(15)20/h8-9,11-13,18H,2-7,10H2,1H3/t12?,13-/m1/s1. The molecule has 3 aromatic rings. The molecule has 1 unspecified atom stereocenters. The minimum atomic E-state index is -2.69. The van der Waals surface area contributed by atoms with Crippen molar-refractivity contribution in [3.63, 3.8) is 0 Å². The van der Waals surface area contributed by atoms with E-state index in [0.717, 1.165) is 38.1 Å². The van der Waals surface area contributed by atoms with E-state index in [1.807, 2.05) is 9.47 Å². The third kappa shape index (κ3) is 3.14. The van der Waals surface area contributed by atoms with Crippen LogP contribution in [0.25, 0.3) is 5.78 Å². The highest BCUT2D eigenvalue weighted by Gasteiger charge is 2.34. The Bertz CT molecular complexity index is 1090. The van der Waals surface area contributed by atoms with Gasteiger partial charge in [-0.1, -0.05) is 6.92 Å². The van der Waals surface area contributed by atoms with Crippen LogP contribution >= 0.6 is 0 Å². The fourth-order valence-corrected chi connectivity index (χ4v) is 4.62. The summed E-state index contributed by atoms with van der Waals surface area (Å²) in [5, 5.41) is 4.19. The lowest BCUT2D eigenvalue weighted by Gasteiger charge is -2.37. The fourth-order valence-electron chi connectivity index (χ4n) is 4.62. The number of nitrogens with zero attached hydrogens (tertiary/aromatic N) is 7. The van der Waals surface area contributed by atoms with Gasteiger partial charge in [-0.15, -0.1) is 0 Å². The molecular weight excluding hydrogens is 392 g/mol. The van der Waals surface area contributed by atoms with Crippen LogP contribution < -0.4 is 0 Å². The quantitative estimate of drug-likeness (QED) is 0.657. The van der Waals surface area contributed by atoms with Crippen LogP contribution in [0.15, 0.2) is 18.6 Å². The summed E-state index contributed by atoms with van der Waals surface area (Å²) in [5.74, 6) is 1.13. The van der Waals surface area contributed by atoms with Gasteiger partial charge >= 0.3 is 0 Å². The number of carbonyl (C=O) groups excluding carboxylic acids is 1. The predicted octanol–water partition coefficient (Wildman–Crippen LogP) is 2.86. The summed E-state index contributed by atoms with van der Waals surface area (Å²) in [4.78, 5) is 27.5. The fraction of sp³-hybridized carbons (Fsp3) is 0.550. The van der Waals surface area contributed by atoms with Gasteiger partial charge in [-0.05, 0) is 31.2 Å². The third-order valence-corrected chi connectivity index (χ3v) is 6.34. The number of aryl methyl sites for hydroxylation is 1. The van der Waals surface area contributed by atoms with Crippen molar-refractivity contribution in [3.8, 4) is 0 Å². The first-order valence-electron chi connectivity index (χ1n) is 10.4. The second kappa shape index (κ2) is 7.41. The molecule has 1 saturated heterocycles. The minimum Gasteiger partial charge on any atom is -0.337 e. The molecule has 8 nitrogen and oxygen atoms in total. The third-order valence-electron chi connectivity index (χ3n) is 6.34. The van der Waals surface area contributed by atoms with Gasteiger partial charge in [0.1, 0.15) is 23.5 Å². The molecule has 0 aliphatic carbocycles. The van der Waals surface area contributed by atoms with E-state index < -0.39 is 6.43 Å². The van der Waals surface area contributed by atoms with E-state index in [4.69, 9.17) is 0 Å². The van der Waals surface area contributed by atoms with E-state index in [0.29, 0.717) is 24.5 Å². The zero-order valence-electron chi connectivity index (χ0n) is 16.7. The van der Waals surface area contributed by atoms with Crippen molar-refractivity contribution in [2.24, 2.45) is 5.92 Å². The molecule has 0 N–H and O–H groups in total. The first-order chi connectivity index (χ1) is 14.5. The number of carbonyl (C=O) groups is 1. The molecule has 5 heterocycles. The van der Waals surface area contributed by atoms with Crippen molar-refractivity contribution in [1.29, 1.82) is 0 Å². The topological polar surface area (TPSA) is 81.2 Å². The molecule has 1 fully saturated rings. The van der Waals surface area contributed by atoms with E-state index in [-0.39, 0.29) is 29.2 Å². The molecule has 0 bridgehead atoms. The number of alkyl halides is 2. The van der Waals surface area contributed by atoms with Gasteiger partial charge in [0.25, 0.3) is 18.1 Å². The van der Waals surface area contributed by atoms with E-state index >= 15 is 0 Å². The Labute approximate surface area is 171 Å². The number of hydrogen-bond donors (Lipinski definition) is 0. The van der Waals surface area contributed by atoms with Crippen LogP contribution in [-0.4, -0.2) is 53.0 Å². The van der Waals surface area contributed by atoms with Crippen molar-refractivity contribution in [2.75, 3.05) is 13.1 Å². The van der Waals surface area contributed by atoms with Gasteiger partial charge in [-0.3, -0.25) is 4.79 Å². The Morgan fingerprint density at radius 1 is 1.23 bits per heavy atom. The van der Waals surface area contributed by atoms with Gasteiger partial charge in [-0.2, -0.15) is 10.1 Å². The van der Waals surface area contributed by atoms with Gasteiger partial charge in [0.05, 0.1) is 11.9 Å². The van der Waals surface area contributed by atoms with E-state index in [1.54, 1.807) is 6.20 Å². The molecule has 5 rings (SSSR count). The van der Waals surface area contributed by atoms with E-state index in [1.165, 1.54) is 16.9 Å². The molecule has 0 spiro atoms. The number of rotatable bonds is 3. The monoisotopic (exact) mass is 415 g/mol. The molecule has 0 radical (unpaired) electrons. The van der Waals surface area contributed by atoms with Gasteiger partial charge in [0.2, 0.25) is 0 Å². The van der Waals surface area contributed by atoms with Crippen LogP contribution in [0.2, 0.25) is 0 Å². The van der Waals surface area contributed by atoms with Gasteiger partial charge in [0.15, 0.2) is 0 Å². The second-order valence-electron chi connectivity index (χ2n) is 8.17.